The number of rotatable bonds is 12. The standard InChI is InChI=1S/C26H35N5O7S/c1-16-9-17(2)25(18(3)10-16)39(36,37)30-22(26(34)35)13-29-24(33)15-38-21-11-20(31(14-21)19(4)32)12-28-23-7-5-6-8-27-23/h5-10,20-22,30H,11-15H2,1-4H3,(H,27,28)(H,29,33)(H,34,35)/t20-,21+,22-/m0/s1. The number of pyridine rings is 1. The quantitative estimate of drug-likeness (QED) is 0.295. The van der Waals surface area contributed by atoms with Gasteiger partial charge in [0.25, 0.3) is 0 Å². The maximum atomic E-state index is 13.0. The van der Waals surface area contributed by atoms with Crippen molar-refractivity contribution in [2.45, 2.75) is 57.2 Å². The SMILES string of the molecule is CC(=O)N1C[C@H](OCC(=O)NC[C@H](NS(=O)(=O)c2c(C)cc(C)cc2C)C(=O)O)C[C@H]1CNc1ccccn1. The van der Waals surface area contributed by atoms with E-state index in [1.165, 1.54) is 6.92 Å². The predicted molar refractivity (Wildman–Crippen MR) is 144 cm³/mol. The van der Waals surface area contributed by atoms with E-state index in [4.69, 9.17) is 4.74 Å². The minimum Gasteiger partial charge on any atom is -0.480 e. The number of carboxylic acids is 1. The highest BCUT2D eigenvalue weighted by atomic mass is 32.2. The molecule has 0 aliphatic carbocycles. The zero-order chi connectivity index (χ0) is 28.7. The van der Waals surface area contributed by atoms with Crippen LogP contribution >= 0.6 is 0 Å². The van der Waals surface area contributed by atoms with E-state index in [1.807, 2.05) is 19.1 Å². The van der Waals surface area contributed by atoms with Crippen LogP contribution in [0.25, 0.3) is 0 Å². The molecule has 0 bridgehead atoms. The fourth-order valence-corrected chi connectivity index (χ4v) is 6.38. The summed E-state index contributed by atoms with van der Waals surface area (Å²) in [5.74, 6) is -1.47. The van der Waals surface area contributed by atoms with Crippen LogP contribution in [0.1, 0.15) is 30.0 Å². The largest absolute Gasteiger partial charge is 0.480 e. The van der Waals surface area contributed by atoms with E-state index in [0.29, 0.717) is 36.5 Å². The first-order valence-corrected chi connectivity index (χ1v) is 14.0. The number of nitrogens with one attached hydrogen (secondary N) is 3. The van der Waals surface area contributed by atoms with Crippen molar-refractivity contribution < 1.29 is 32.6 Å². The number of carboxylic acid groups (broad SMARTS) is 1. The Morgan fingerprint density at radius 2 is 1.87 bits per heavy atom. The maximum absolute atomic E-state index is 13.0. The summed E-state index contributed by atoms with van der Waals surface area (Å²) in [6, 6.07) is 7.13. The fraction of sp³-hybridized carbons (Fsp3) is 0.462. The Balaban J connectivity index is 1.52. The van der Waals surface area contributed by atoms with Crippen LogP contribution in [0.4, 0.5) is 5.82 Å². The lowest BCUT2D eigenvalue weighted by atomic mass is 10.1. The number of ether oxygens (including phenoxy) is 1. The molecule has 212 valence electrons. The summed E-state index contributed by atoms with van der Waals surface area (Å²) in [6.45, 7) is 6.51. The van der Waals surface area contributed by atoms with Crippen molar-refractivity contribution in [3.05, 3.63) is 53.2 Å². The van der Waals surface area contributed by atoms with Crippen LogP contribution in [0, 0.1) is 20.8 Å². The second kappa shape index (κ2) is 13.0. The number of sulfonamides is 1. The lowest BCUT2D eigenvalue weighted by Gasteiger charge is -2.23. The van der Waals surface area contributed by atoms with E-state index < -0.39 is 40.6 Å². The fourth-order valence-electron chi connectivity index (χ4n) is 4.74. The summed E-state index contributed by atoms with van der Waals surface area (Å²) in [6.07, 6.45) is 1.77. The second-order valence-corrected chi connectivity index (χ2v) is 11.3. The zero-order valence-electron chi connectivity index (χ0n) is 22.4. The minimum absolute atomic E-state index is 0.0114. The molecule has 0 unspecified atom stereocenters. The third-order valence-corrected chi connectivity index (χ3v) is 8.16. The first-order valence-electron chi connectivity index (χ1n) is 12.5. The normalized spacial score (nSPS) is 18.0. The highest BCUT2D eigenvalue weighted by molar-refractivity contribution is 7.89. The highest BCUT2D eigenvalue weighted by Gasteiger charge is 2.35. The Morgan fingerprint density at radius 3 is 2.46 bits per heavy atom. The van der Waals surface area contributed by atoms with Gasteiger partial charge in [-0.15, -0.1) is 0 Å². The molecule has 1 aromatic heterocycles. The lowest BCUT2D eigenvalue weighted by Crippen LogP contribution is -2.49. The Hall–Kier alpha value is -3.55. The molecule has 2 aromatic rings. The van der Waals surface area contributed by atoms with Gasteiger partial charge in [-0.25, -0.2) is 13.4 Å². The number of anilines is 1. The lowest BCUT2D eigenvalue weighted by molar-refractivity contribution is -0.139. The topological polar surface area (TPSA) is 167 Å². The van der Waals surface area contributed by atoms with Crippen molar-refractivity contribution in [1.29, 1.82) is 0 Å². The van der Waals surface area contributed by atoms with E-state index in [1.54, 1.807) is 43.1 Å². The van der Waals surface area contributed by atoms with Gasteiger partial charge in [-0.3, -0.25) is 14.4 Å². The summed E-state index contributed by atoms with van der Waals surface area (Å²) in [4.78, 5) is 42.2. The minimum atomic E-state index is -4.16. The second-order valence-electron chi connectivity index (χ2n) is 9.63. The van der Waals surface area contributed by atoms with E-state index >= 15 is 0 Å². The van der Waals surface area contributed by atoms with Crippen LogP contribution in [-0.2, 0) is 29.1 Å². The Kier molecular flexibility index (Phi) is 10.0. The molecule has 2 heterocycles. The van der Waals surface area contributed by atoms with Gasteiger partial charge in [-0.1, -0.05) is 23.8 Å². The number of carbonyl (C=O) groups is 3. The van der Waals surface area contributed by atoms with Crippen molar-refractivity contribution in [3.8, 4) is 0 Å². The van der Waals surface area contributed by atoms with Crippen LogP contribution in [0.5, 0.6) is 0 Å². The molecule has 1 aliphatic heterocycles. The molecule has 1 saturated heterocycles. The zero-order valence-corrected chi connectivity index (χ0v) is 23.2. The number of aryl methyl sites for hydroxylation is 3. The molecular weight excluding hydrogens is 526 g/mol. The summed E-state index contributed by atoms with van der Waals surface area (Å²) in [5, 5.41) is 15.2. The van der Waals surface area contributed by atoms with Gasteiger partial charge < -0.3 is 25.4 Å². The van der Waals surface area contributed by atoms with Crippen LogP contribution in [-0.4, -0.2) is 85.6 Å². The van der Waals surface area contributed by atoms with Gasteiger partial charge in [0.15, 0.2) is 0 Å². The third-order valence-electron chi connectivity index (χ3n) is 6.39. The summed E-state index contributed by atoms with van der Waals surface area (Å²) in [5.41, 5.74) is 1.87. The van der Waals surface area contributed by atoms with E-state index in [2.05, 4.69) is 20.3 Å². The van der Waals surface area contributed by atoms with Gasteiger partial charge in [0.1, 0.15) is 18.5 Å². The van der Waals surface area contributed by atoms with Crippen molar-refractivity contribution in [2.24, 2.45) is 0 Å². The summed E-state index contributed by atoms with van der Waals surface area (Å²) >= 11 is 0. The van der Waals surface area contributed by atoms with Crippen LogP contribution in [0.15, 0.2) is 41.4 Å². The van der Waals surface area contributed by atoms with Crippen molar-refractivity contribution in [3.63, 3.8) is 0 Å². The van der Waals surface area contributed by atoms with E-state index in [0.717, 1.165) is 5.56 Å². The molecule has 3 atom stereocenters. The average Bonchev–Trinajstić information content (AvgIpc) is 3.27. The van der Waals surface area contributed by atoms with E-state index in [9.17, 15) is 27.9 Å². The predicted octanol–water partition coefficient (Wildman–Crippen LogP) is 0.973. The van der Waals surface area contributed by atoms with Crippen molar-refractivity contribution >= 4 is 33.6 Å². The number of aromatic nitrogens is 1. The third kappa shape index (κ3) is 8.22. The van der Waals surface area contributed by atoms with Crippen LogP contribution in [0.2, 0.25) is 0 Å². The molecule has 4 N–H and O–H groups in total. The Labute approximate surface area is 228 Å². The number of likely N-dealkylation sites (tertiary alicyclic amines) is 1. The van der Waals surface area contributed by atoms with Gasteiger partial charge >= 0.3 is 5.97 Å². The molecule has 1 aromatic carbocycles. The molecule has 1 fully saturated rings. The molecule has 39 heavy (non-hydrogen) atoms. The number of aliphatic carboxylic acids is 1. The van der Waals surface area contributed by atoms with E-state index in [-0.39, 0.29) is 23.5 Å². The first-order chi connectivity index (χ1) is 18.4. The molecule has 1 aliphatic rings. The molecular formula is C26H35N5O7S. The first kappa shape index (κ1) is 30.0. The molecule has 12 nitrogen and oxygen atoms in total. The number of benzene rings is 1. The number of hydrogen-bond acceptors (Lipinski definition) is 8. The number of nitrogens with zero attached hydrogens (tertiary/aromatic N) is 2. The molecule has 3 rings (SSSR count). The molecule has 0 radical (unpaired) electrons. The van der Waals surface area contributed by atoms with Crippen LogP contribution in [0.3, 0.4) is 0 Å². The van der Waals surface area contributed by atoms with Crippen molar-refractivity contribution in [1.82, 2.24) is 19.9 Å². The molecule has 2 amide bonds. The van der Waals surface area contributed by atoms with Gasteiger partial charge in [0.2, 0.25) is 21.8 Å². The monoisotopic (exact) mass is 561 g/mol. The smallest absolute Gasteiger partial charge is 0.323 e. The Morgan fingerprint density at radius 1 is 1.18 bits per heavy atom. The molecule has 0 spiro atoms. The van der Waals surface area contributed by atoms with Gasteiger partial charge in [0.05, 0.1) is 17.0 Å². The maximum Gasteiger partial charge on any atom is 0.323 e. The summed E-state index contributed by atoms with van der Waals surface area (Å²) in [7, 11) is -4.16. The molecule has 13 heteroatoms. The van der Waals surface area contributed by atoms with Crippen molar-refractivity contribution in [2.75, 3.05) is 31.6 Å². The Bertz CT molecular complexity index is 1280. The van der Waals surface area contributed by atoms with Gasteiger partial charge in [-0.05, 0) is 50.5 Å². The average molecular weight is 562 g/mol. The van der Waals surface area contributed by atoms with Crippen LogP contribution < -0.4 is 15.4 Å². The number of amides is 2. The number of carbonyl (C=O) groups excluding carboxylic acids is 2. The van der Waals surface area contributed by atoms with Gasteiger partial charge in [0, 0.05) is 32.8 Å². The molecule has 0 saturated carbocycles. The summed E-state index contributed by atoms with van der Waals surface area (Å²) < 4.78 is 33.8. The highest BCUT2D eigenvalue weighted by Crippen LogP contribution is 2.22. The number of hydrogen-bond donors (Lipinski definition) is 4. The van der Waals surface area contributed by atoms with Gasteiger partial charge in [-0.2, -0.15) is 4.72 Å².